The number of hydrogen-bond donors (Lipinski definition) is 0. The Morgan fingerprint density at radius 2 is 1.08 bits per heavy atom. The third-order valence-electron chi connectivity index (χ3n) is 12.9. The predicted octanol–water partition coefficient (Wildman–Crippen LogP) is 13.5. The Morgan fingerprint density at radius 1 is 0.462 bits per heavy atom. The van der Waals surface area contributed by atoms with Gasteiger partial charge in [0.25, 0.3) is 0 Å². The Labute approximate surface area is 306 Å². The monoisotopic (exact) mass is 670 g/mol. The molecule has 2 nitrogen and oxygen atoms in total. The number of para-hydroxylation sites is 2. The van der Waals surface area contributed by atoms with Crippen molar-refractivity contribution in [1.82, 2.24) is 4.57 Å². The summed E-state index contributed by atoms with van der Waals surface area (Å²) >= 11 is 0. The zero-order valence-corrected chi connectivity index (χ0v) is 29.5. The molecule has 4 saturated carbocycles. The van der Waals surface area contributed by atoms with Crippen LogP contribution in [-0.4, -0.2) is 4.57 Å². The van der Waals surface area contributed by atoms with Crippen LogP contribution in [0.25, 0.3) is 49.4 Å². The lowest BCUT2D eigenvalue weighted by Gasteiger charge is -2.57. The molecule has 4 aliphatic carbocycles. The van der Waals surface area contributed by atoms with Gasteiger partial charge < -0.3 is 9.47 Å². The Balaban J connectivity index is 1.09. The summed E-state index contributed by atoms with van der Waals surface area (Å²) in [5, 5.41) is 5.10. The molecule has 1 heterocycles. The molecular formula is C50H42N2. The van der Waals surface area contributed by atoms with Gasteiger partial charge in [0.2, 0.25) is 0 Å². The second-order valence-electron chi connectivity index (χ2n) is 16.0. The first-order chi connectivity index (χ1) is 25.7. The molecule has 0 N–H and O–H groups in total. The van der Waals surface area contributed by atoms with Crippen molar-refractivity contribution in [2.45, 2.75) is 43.9 Å². The van der Waals surface area contributed by atoms with Crippen molar-refractivity contribution in [2.75, 3.05) is 4.90 Å². The minimum Gasteiger partial charge on any atom is -0.310 e. The van der Waals surface area contributed by atoms with Crippen LogP contribution in [0.15, 0.2) is 164 Å². The van der Waals surface area contributed by atoms with E-state index in [0.29, 0.717) is 5.41 Å². The van der Waals surface area contributed by atoms with Crippen molar-refractivity contribution < 1.29 is 0 Å². The average molecular weight is 671 g/mol. The highest BCUT2D eigenvalue weighted by Crippen LogP contribution is 2.61. The van der Waals surface area contributed by atoms with Crippen LogP contribution in [-0.2, 0) is 5.41 Å². The third kappa shape index (κ3) is 4.70. The van der Waals surface area contributed by atoms with Gasteiger partial charge in [0.15, 0.2) is 0 Å². The molecule has 4 fully saturated rings. The van der Waals surface area contributed by atoms with E-state index in [4.69, 9.17) is 0 Å². The van der Waals surface area contributed by atoms with Crippen molar-refractivity contribution in [2.24, 2.45) is 17.8 Å². The molecule has 0 unspecified atom stereocenters. The quantitative estimate of drug-likeness (QED) is 0.171. The zero-order valence-electron chi connectivity index (χ0n) is 29.5. The minimum atomic E-state index is 0.386. The minimum absolute atomic E-state index is 0.386. The molecule has 8 aromatic rings. The molecule has 0 aliphatic heterocycles. The zero-order chi connectivity index (χ0) is 34.2. The summed E-state index contributed by atoms with van der Waals surface area (Å²) in [5.41, 5.74) is 11.6. The molecule has 0 spiro atoms. The number of aromatic nitrogens is 1. The first-order valence-corrected chi connectivity index (χ1v) is 19.3. The SMILES string of the molecule is c1ccc(-c2ccc(-n3c4ccccc4c4c5c(N(c6ccccc6)c6ccc(C78CC9CC(CC(C9)C7)C8)cc6)cccc5ccc43)cc2)cc1. The van der Waals surface area contributed by atoms with E-state index in [1.165, 1.54) is 105 Å². The maximum atomic E-state index is 2.49. The fourth-order valence-corrected chi connectivity index (χ4v) is 11.1. The summed E-state index contributed by atoms with van der Waals surface area (Å²) in [6.45, 7) is 0. The van der Waals surface area contributed by atoms with Crippen molar-refractivity contribution in [3.8, 4) is 16.8 Å². The van der Waals surface area contributed by atoms with E-state index < -0.39 is 0 Å². The molecular weight excluding hydrogens is 629 g/mol. The van der Waals surface area contributed by atoms with E-state index in [2.05, 4.69) is 173 Å². The third-order valence-corrected chi connectivity index (χ3v) is 12.9. The summed E-state index contributed by atoms with van der Waals surface area (Å²) < 4.78 is 2.45. The van der Waals surface area contributed by atoms with Crippen LogP contribution in [0.4, 0.5) is 17.1 Å². The van der Waals surface area contributed by atoms with Crippen LogP contribution < -0.4 is 4.90 Å². The van der Waals surface area contributed by atoms with Gasteiger partial charge in [0.1, 0.15) is 0 Å². The highest BCUT2D eigenvalue weighted by atomic mass is 15.1. The molecule has 2 heteroatoms. The van der Waals surface area contributed by atoms with Crippen molar-refractivity contribution in [3.63, 3.8) is 0 Å². The average Bonchev–Trinajstić information content (AvgIpc) is 3.53. The van der Waals surface area contributed by atoms with E-state index in [-0.39, 0.29) is 0 Å². The molecule has 12 rings (SSSR count). The lowest BCUT2D eigenvalue weighted by atomic mass is 9.48. The van der Waals surface area contributed by atoms with Gasteiger partial charge in [0, 0.05) is 33.2 Å². The molecule has 4 aliphatic rings. The summed E-state index contributed by atoms with van der Waals surface area (Å²) in [5.74, 6) is 2.82. The molecule has 0 saturated heterocycles. The van der Waals surface area contributed by atoms with Crippen molar-refractivity contribution in [3.05, 3.63) is 169 Å². The molecule has 252 valence electrons. The first-order valence-electron chi connectivity index (χ1n) is 19.3. The maximum absolute atomic E-state index is 2.49. The second kappa shape index (κ2) is 11.7. The number of anilines is 3. The Hall–Kier alpha value is -5.60. The topological polar surface area (TPSA) is 8.17 Å². The number of rotatable bonds is 6. The van der Waals surface area contributed by atoms with Gasteiger partial charge in [-0.05, 0) is 138 Å². The molecule has 0 radical (unpaired) electrons. The van der Waals surface area contributed by atoms with Gasteiger partial charge in [-0.1, -0.05) is 109 Å². The van der Waals surface area contributed by atoms with Crippen LogP contribution >= 0.6 is 0 Å². The van der Waals surface area contributed by atoms with Crippen LogP contribution in [0.3, 0.4) is 0 Å². The van der Waals surface area contributed by atoms with Crippen LogP contribution in [0.5, 0.6) is 0 Å². The smallest absolute Gasteiger partial charge is 0.0548 e. The van der Waals surface area contributed by atoms with Crippen LogP contribution in [0, 0.1) is 17.8 Å². The molecule has 4 bridgehead atoms. The van der Waals surface area contributed by atoms with Crippen molar-refractivity contribution in [1.29, 1.82) is 0 Å². The molecule has 1 aromatic heterocycles. The highest BCUT2D eigenvalue weighted by molar-refractivity contribution is 6.25. The maximum Gasteiger partial charge on any atom is 0.0548 e. The summed E-state index contributed by atoms with van der Waals surface area (Å²) in [6.07, 6.45) is 8.60. The normalized spacial score (nSPS) is 22.0. The first kappa shape index (κ1) is 30.1. The second-order valence-corrected chi connectivity index (χ2v) is 16.0. The van der Waals surface area contributed by atoms with Gasteiger partial charge in [-0.3, -0.25) is 0 Å². The lowest BCUT2D eigenvalue weighted by molar-refractivity contribution is -0.00518. The van der Waals surface area contributed by atoms with E-state index in [1.54, 1.807) is 5.56 Å². The summed E-state index contributed by atoms with van der Waals surface area (Å²) in [7, 11) is 0. The van der Waals surface area contributed by atoms with Gasteiger partial charge in [-0.25, -0.2) is 0 Å². The highest BCUT2D eigenvalue weighted by Gasteiger charge is 2.51. The van der Waals surface area contributed by atoms with Gasteiger partial charge in [0.05, 0.1) is 16.7 Å². The molecule has 0 atom stereocenters. The number of hydrogen-bond acceptors (Lipinski definition) is 1. The lowest BCUT2D eigenvalue weighted by Crippen LogP contribution is -2.48. The number of fused-ring (bicyclic) bond motifs is 5. The van der Waals surface area contributed by atoms with Gasteiger partial charge in [-0.2, -0.15) is 0 Å². The van der Waals surface area contributed by atoms with Crippen molar-refractivity contribution >= 4 is 49.6 Å². The van der Waals surface area contributed by atoms with Gasteiger partial charge >= 0.3 is 0 Å². The van der Waals surface area contributed by atoms with E-state index in [0.717, 1.165) is 17.8 Å². The molecule has 7 aromatic carbocycles. The summed E-state index contributed by atoms with van der Waals surface area (Å²) in [4.78, 5) is 2.49. The Bertz CT molecular complexity index is 2540. The molecule has 0 amide bonds. The van der Waals surface area contributed by atoms with Crippen LogP contribution in [0.1, 0.15) is 44.1 Å². The van der Waals surface area contributed by atoms with E-state index in [1.807, 2.05) is 0 Å². The number of benzene rings is 7. The molecule has 52 heavy (non-hydrogen) atoms. The predicted molar refractivity (Wildman–Crippen MR) is 218 cm³/mol. The van der Waals surface area contributed by atoms with E-state index >= 15 is 0 Å². The summed E-state index contributed by atoms with van der Waals surface area (Å²) in [6, 6.07) is 60.8. The Morgan fingerprint density at radius 3 is 1.79 bits per heavy atom. The largest absolute Gasteiger partial charge is 0.310 e. The van der Waals surface area contributed by atoms with Crippen LogP contribution in [0.2, 0.25) is 0 Å². The number of nitrogens with zero attached hydrogens (tertiary/aromatic N) is 2. The Kier molecular flexibility index (Phi) is 6.77. The standard InChI is InChI=1S/C50H42N2/c1-3-10-37(11-4-1)38-18-23-43(24-19-38)52-45-16-8-7-15-44(45)49-47(52)27-20-39-12-9-17-46(48(39)49)51(41-13-5-2-6-14-41)42-25-21-40(22-26-42)50-31-34-28-35(32-50)30-36(29-34)33-50/h1-27,34-36H,28-33H2. The fraction of sp³-hybridized carbons (Fsp3) is 0.200. The van der Waals surface area contributed by atoms with Gasteiger partial charge in [-0.15, -0.1) is 0 Å². The van der Waals surface area contributed by atoms with E-state index in [9.17, 15) is 0 Å². The fourth-order valence-electron chi connectivity index (χ4n) is 11.1.